The molecule has 1 fully saturated rings. The van der Waals surface area contributed by atoms with Gasteiger partial charge in [0.1, 0.15) is 0 Å². The van der Waals surface area contributed by atoms with Gasteiger partial charge in [0.25, 0.3) is 0 Å². The van der Waals surface area contributed by atoms with Gasteiger partial charge in [0.15, 0.2) is 0 Å². The zero-order valence-electron chi connectivity index (χ0n) is 12.7. The monoisotopic (exact) mass is 285 g/mol. The fourth-order valence-electron chi connectivity index (χ4n) is 2.59. The third kappa shape index (κ3) is 4.20. The van der Waals surface area contributed by atoms with Crippen LogP contribution in [-0.2, 0) is 9.59 Å². The molecule has 0 aromatic heterocycles. The van der Waals surface area contributed by atoms with Gasteiger partial charge in [-0.3, -0.25) is 9.59 Å². The number of aliphatic carboxylic acids is 1. The van der Waals surface area contributed by atoms with E-state index < -0.39 is 11.4 Å². The van der Waals surface area contributed by atoms with E-state index in [0.29, 0.717) is 6.54 Å². The molecule has 0 aromatic carbocycles. The van der Waals surface area contributed by atoms with Crippen LogP contribution in [0.1, 0.15) is 52.9 Å². The van der Waals surface area contributed by atoms with Crippen LogP contribution in [0, 0.1) is 17.3 Å². The lowest BCUT2D eigenvalue weighted by Gasteiger charge is -2.30. The number of aliphatic hydroxyl groups excluding tert-OH is 1. The minimum atomic E-state index is -1.05. The summed E-state index contributed by atoms with van der Waals surface area (Å²) in [5.41, 5.74) is -1.05. The number of hydrogen-bond donors (Lipinski definition) is 3. The van der Waals surface area contributed by atoms with E-state index in [2.05, 4.69) is 5.32 Å². The maximum absolute atomic E-state index is 12.0. The molecule has 0 spiro atoms. The molecule has 5 nitrogen and oxygen atoms in total. The van der Waals surface area contributed by atoms with Crippen molar-refractivity contribution in [3.63, 3.8) is 0 Å². The summed E-state index contributed by atoms with van der Waals surface area (Å²) in [6.07, 6.45) is 3.45. The van der Waals surface area contributed by atoms with Crippen LogP contribution in [0.2, 0.25) is 0 Å². The second-order valence-corrected chi connectivity index (χ2v) is 6.47. The van der Waals surface area contributed by atoms with Gasteiger partial charge in [-0.1, -0.05) is 26.7 Å². The van der Waals surface area contributed by atoms with E-state index in [1.807, 2.05) is 13.8 Å². The van der Waals surface area contributed by atoms with Crippen molar-refractivity contribution in [1.29, 1.82) is 0 Å². The number of hydrogen-bond acceptors (Lipinski definition) is 3. The summed E-state index contributed by atoms with van der Waals surface area (Å²) in [5, 5.41) is 21.9. The number of nitrogens with one attached hydrogen (secondary N) is 1. The summed E-state index contributed by atoms with van der Waals surface area (Å²) in [6.45, 7) is 5.67. The highest BCUT2D eigenvalue weighted by atomic mass is 16.4. The average molecular weight is 285 g/mol. The maximum atomic E-state index is 12.0. The van der Waals surface area contributed by atoms with Crippen LogP contribution in [0.25, 0.3) is 0 Å². The zero-order chi connectivity index (χ0) is 15.3. The molecular formula is C15H27NO4. The Morgan fingerprint density at radius 3 is 2.40 bits per heavy atom. The topological polar surface area (TPSA) is 86.6 Å². The van der Waals surface area contributed by atoms with Crippen molar-refractivity contribution in [1.82, 2.24) is 5.32 Å². The molecule has 1 aliphatic carbocycles. The van der Waals surface area contributed by atoms with Gasteiger partial charge in [0.2, 0.25) is 5.91 Å². The molecule has 1 aliphatic rings. The highest BCUT2D eigenvalue weighted by Crippen LogP contribution is 2.31. The molecule has 0 heterocycles. The van der Waals surface area contributed by atoms with Crippen LogP contribution >= 0.6 is 0 Å². The predicted octanol–water partition coefficient (Wildman–Crippen LogP) is 1.79. The fourth-order valence-corrected chi connectivity index (χ4v) is 2.59. The summed E-state index contributed by atoms with van der Waals surface area (Å²) in [7, 11) is 0. The molecule has 1 rings (SSSR count). The lowest BCUT2D eigenvalue weighted by molar-refractivity contribution is -0.153. The number of carboxylic acid groups (broad SMARTS) is 1. The zero-order valence-corrected chi connectivity index (χ0v) is 12.7. The quantitative estimate of drug-likeness (QED) is 0.694. The van der Waals surface area contributed by atoms with Crippen molar-refractivity contribution < 1.29 is 19.8 Å². The largest absolute Gasteiger partial charge is 0.481 e. The molecule has 3 unspecified atom stereocenters. The second kappa shape index (κ2) is 7.07. The standard InChI is InChI=1S/C15H27NO4/c1-10(2)15(3,14(19)20)8-13(18)16-9-11-6-4-5-7-12(11)17/h10-12,17H,4-9H2,1-3H3,(H,16,18)(H,19,20). The molecule has 1 amide bonds. The Balaban J connectivity index is 2.48. The molecule has 0 aliphatic heterocycles. The first-order valence-electron chi connectivity index (χ1n) is 7.45. The number of carboxylic acids is 1. The molecule has 20 heavy (non-hydrogen) atoms. The van der Waals surface area contributed by atoms with Crippen molar-refractivity contribution in [2.45, 2.75) is 59.0 Å². The minimum Gasteiger partial charge on any atom is -0.481 e. The van der Waals surface area contributed by atoms with Crippen LogP contribution in [0.5, 0.6) is 0 Å². The fraction of sp³-hybridized carbons (Fsp3) is 0.867. The lowest BCUT2D eigenvalue weighted by atomic mass is 9.76. The van der Waals surface area contributed by atoms with E-state index in [9.17, 15) is 19.8 Å². The van der Waals surface area contributed by atoms with E-state index >= 15 is 0 Å². The van der Waals surface area contributed by atoms with Gasteiger partial charge in [0, 0.05) is 18.9 Å². The van der Waals surface area contributed by atoms with Crippen molar-refractivity contribution in [2.24, 2.45) is 17.3 Å². The molecule has 0 saturated heterocycles. The van der Waals surface area contributed by atoms with E-state index in [1.54, 1.807) is 6.92 Å². The average Bonchev–Trinajstić information content (AvgIpc) is 2.37. The van der Waals surface area contributed by atoms with E-state index in [4.69, 9.17) is 0 Å². The van der Waals surface area contributed by atoms with Crippen LogP contribution in [0.3, 0.4) is 0 Å². The molecule has 0 aromatic rings. The number of rotatable bonds is 6. The van der Waals surface area contributed by atoms with Gasteiger partial charge >= 0.3 is 5.97 Å². The van der Waals surface area contributed by atoms with Crippen molar-refractivity contribution in [3.05, 3.63) is 0 Å². The Morgan fingerprint density at radius 1 is 1.30 bits per heavy atom. The molecule has 5 heteroatoms. The smallest absolute Gasteiger partial charge is 0.310 e. The van der Waals surface area contributed by atoms with Crippen molar-refractivity contribution >= 4 is 11.9 Å². The summed E-state index contributed by atoms with van der Waals surface area (Å²) in [5.74, 6) is -1.21. The predicted molar refractivity (Wildman–Crippen MR) is 76.2 cm³/mol. The SMILES string of the molecule is CC(C)C(C)(CC(=O)NCC1CCCCC1O)C(=O)O. The molecule has 0 bridgehead atoms. The third-order valence-corrected chi connectivity index (χ3v) is 4.72. The van der Waals surface area contributed by atoms with Gasteiger partial charge in [-0.05, 0) is 25.7 Å². The van der Waals surface area contributed by atoms with Gasteiger partial charge < -0.3 is 15.5 Å². The summed E-state index contributed by atoms with van der Waals surface area (Å²) < 4.78 is 0. The Kier molecular flexibility index (Phi) is 5.99. The molecule has 116 valence electrons. The number of amides is 1. The molecule has 3 atom stereocenters. The number of aliphatic hydroxyl groups is 1. The van der Waals surface area contributed by atoms with Crippen LogP contribution in [0.15, 0.2) is 0 Å². The highest BCUT2D eigenvalue weighted by Gasteiger charge is 2.38. The highest BCUT2D eigenvalue weighted by molar-refractivity contribution is 5.84. The molecule has 0 radical (unpaired) electrons. The van der Waals surface area contributed by atoms with Crippen LogP contribution in [-0.4, -0.2) is 34.7 Å². The lowest BCUT2D eigenvalue weighted by Crippen LogP contribution is -2.42. The van der Waals surface area contributed by atoms with E-state index in [0.717, 1.165) is 25.7 Å². The normalized spacial score (nSPS) is 26.1. The van der Waals surface area contributed by atoms with Crippen LogP contribution in [0.4, 0.5) is 0 Å². The van der Waals surface area contributed by atoms with Gasteiger partial charge in [-0.2, -0.15) is 0 Å². The van der Waals surface area contributed by atoms with E-state index in [-0.39, 0.29) is 30.3 Å². The van der Waals surface area contributed by atoms with Crippen molar-refractivity contribution in [3.8, 4) is 0 Å². The Morgan fingerprint density at radius 2 is 1.90 bits per heavy atom. The number of carbonyl (C=O) groups excluding carboxylic acids is 1. The Bertz CT molecular complexity index is 356. The van der Waals surface area contributed by atoms with Gasteiger partial charge in [0.05, 0.1) is 11.5 Å². The molecule has 3 N–H and O–H groups in total. The third-order valence-electron chi connectivity index (χ3n) is 4.72. The number of carbonyl (C=O) groups is 2. The van der Waals surface area contributed by atoms with Gasteiger partial charge in [-0.25, -0.2) is 0 Å². The van der Waals surface area contributed by atoms with Crippen molar-refractivity contribution in [2.75, 3.05) is 6.54 Å². The first kappa shape index (κ1) is 17.0. The maximum Gasteiger partial charge on any atom is 0.310 e. The van der Waals surface area contributed by atoms with Gasteiger partial charge in [-0.15, -0.1) is 0 Å². The first-order chi connectivity index (χ1) is 9.27. The summed E-state index contributed by atoms with van der Waals surface area (Å²) in [4.78, 5) is 23.3. The van der Waals surface area contributed by atoms with E-state index in [1.165, 1.54) is 0 Å². The summed E-state index contributed by atoms with van der Waals surface area (Å²) in [6, 6.07) is 0. The minimum absolute atomic E-state index is 0.0250. The first-order valence-corrected chi connectivity index (χ1v) is 7.45. The molecular weight excluding hydrogens is 258 g/mol. The molecule has 1 saturated carbocycles. The summed E-state index contributed by atoms with van der Waals surface area (Å²) >= 11 is 0. The second-order valence-electron chi connectivity index (χ2n) is 6.47. The Labute approximate surface area is 120 Å². The Hall–Kier alpha value is -1.10. The van der Waals surface area contributed by atoms with Crippen LogP contribution < -0.4 is 5.32 Å².